The first-order chi connectivity index (χ1) is 14.5. The molecule has 0 aliphatic carbocycles. The Morgan fingerprint density at radius 2 is 1.63 bits per heavy atom. The number of hydrogen-bond donors (Lipinski definition) is 1. The van der Waals surface area contributed by atoms with Crippen LogP contribution in [0, 0.1) is 13.8 Å². The van der Waals surface area contributed by atoms with Gasteiger partial charge < -0.3 is 5.32 Å². The Kier molecular flexibility index (Phi) is 5.86. The molecule has 30 heavy (non-hydrogen) atoms. The molecule has 3 nitrogen and oxygen atoms in total. The van der Waals surface area contributed by atoms with E-state index in [0.29, 0.717) is 0 Å². The largest absolute Gasteiger partial charge is 0.325 e. The normalized spacial score (nSPS) is 12.0. The van der Waals surface area contributed by atoms with Gasteiger partial charge in [-0.3, -0.25) is 4.79 Å². The molecule has 1 heterocycles. The Balaban J connectivity index is 1.55. The molecule has 4 heteroatoms. The van der Waals surface area contributed by atoms with Crippen LogP contribution in [-0.4, -0.2) is 16.1 Å². The minimum absolute atomic E-state index is 0.0345. The quantitative estimate of drug-likeness (QED) is 0.374. The van der Waals surface area contributed by atoms with E-state index in [0.717, 1.165) is 38.3 Å². The number of hydrogen-bond acceptors (Lipinski definition) is 3. The second kappa shape index (κ2) is 8.72. The average Bonchev–Trinajstić information content (AvgIpc) is 2.75. The summed E-state index contributed by atoms with van der Waals surface area (Å²) < 4.78 is 0. The van der Waals surface area contributed by atoms with E-state index in [1.165, 1.54) is 17.3 Å². The van der Waals surface area contributed by atoms with Gasteiger partial charge in [0.2, 0.25) is 5.91 Å². The number of thioether (sulfide) groups is 1. The summed E-state index contributed by atoms with van der Waals surface area (Å²) in [5, 5.41) is 4.86. The molecule has 1 N–H and O–H groups in total. The number of carbonyl (C=O) groups is 1. The van der Waals surface area contributed by atoms with E-state index in [2.05, 4.69) is 43.4 Å². The van der Waals surface area contributed by atoms with Crippen molar-refractivity contribution < 1.29 is 4.79 Å². The Morgan fingerprint density at radius 3 is 2.43 bits per heavy atom. The third kappa shape index (κ3) is 4.24. The van der Waals surface area contributed by atoms with Crippen molar-refractivity contribution in [1.82, 2.24) is 4.98 Å². The number of para-hydroxylation sites is 2. The molecule has 0 aliphatic rings. The maximum absolute atomic E-state index is 13.0. The van der Waals surface area contributed by atoms with Crippen LogP contribution in [0.5, 0.6) is 0 Å². The fourth-order valence-electron chi connectivity index (χ4n) is 3.52. The Hall–Kier alpha value is -3.11. The predicted molar refractivity (Wildman–Crippen MR) is 127 cm³/mol. The highest BCUT2D eigenvalue weighted by Crippen LogP contribution is 2.31. The number of anilines is 1. The summed E-state index contributed by atoms with van der Waals surface area (Å²) in [7, 11) is 0. The van der Waals surface area contributed by atoms with Crippen molar-refractivity contribution in [3.05, 3.63) is 90.0 Å². The van der Waals surface area contributed by atoms with Gasteiger partial charge in [-0.2, -0.15) is 0 Å². The molecule has 1 atom stereocenters. The first kappa shape index (κ1) is 20.2. The Bertz CT molecular complexity index is 1200. The van der Waals surface area contributed by atoms with E-state index >= 15 is 0 Å². The zero-order valence-corrected chi connectivity index (χ0v) is 18.2. The summed E-state index contributed by atoms with van der Waals surface area (Å²) in [5.41, 5.74) is 6.23. The monoisotopic (exact) mass is 412 g/mol. The fraction of sp³-hybridized carbons (Fsp3) is 0.154. The van der Waals surface area contributed by atoms with Gasteiger partial charge in [0.25, 0.3) is 0 Å². The smallest absolute Gasteiger partial charge is 0.237 e. The third-order valence-electron chi connectivity index (χ3n) is 5.16. The summed E-state index contributed by atoms with van der Waals surface area (Å²) in [5.74, 6) is -0.0345. The number of nitrogens with one attached hydrogen (secondary N) is 1. The number of aromatic nitrogens is 1. The lowest BCUT2D eigenvalue weighted by molar-refractivity contribution is -0.115. The highest BCUT2D eigenvalue weighted by molar-refractivity contribution is 8.00. The molecule has 0 saturated carbocycles. The molecule has 0 spiro atoms. The second-order valence-corrected chi connectivity index (χ2v) is 8.77. The third-order valence-corrected chi connectivity index (χ3v) is 6.18. The van der Waals surface area contributed by atoms with Gasteiger partial charge in [0.05, 0.1) is 15.8 Å². The topological polar surface area (TPSA) is 42.0 Å². The summed E-state index contributed by atoms with van der Waals surface area (Å²) in [6.45, 7) is 6.08. The molecule has 4 aromatic rings. The van der Waals surface area contributed by atoms with Gasteiger partial charge in [-0.15, -0.1) is 0 Å². The number of pyridine rings is 1. The van der Waals surface area contributed by atoms with Crippen LogP contribution in [0.2, 0.25) is 0 Å². The van der Waals surface area contributed by atoms with Crippen molar-refractivity contribution in [2.45, 2.75) is 31.0 Å². The molecule has 1 amide bonds. The van der Waals surface area contributed by atoms with Crippen molar-refractivity contribution in [2.24, 2.45) is 0 Å². The number of amides is 1. The second-order valence-electron chi connectivity index (χ2n) is 7.41. The zero-order valence-electron chi connectivity index (χ0n) is 17.3. The Labute approximate surface area is 181 Å². The molecule has 4 rings (SSSR count). The van der Waals surface area contributed by atoms with E-state index < -0.39 is 0 Å². The maximum atomic E-state index is 13.0. The van der Waals surface area contributed by atoms with Gasteiger partial charge in [0.1, 0.15) is 0 Å². The first-order valence-corrected chi connectivity index (χ1v) is 10.9. The molecule has 0 radical (unpaired) electrons. The van der Waals surface area contributed by atoms with Gasteiger partial charge in [-0.25, -0.2) is 4.98 Å². The number of fused-ring (bicyclic) bond motifs is 1. The van der Waals surface area contributed by atoms with E-state index in [-0.39, 0.29) is 11.2 Å². The molecule has 0 unspecified atom stereocenters. The molecule has 0 fully saturated rings. The van der Waals surface area contributed by atoms with E-state index in [9.17, 15) is 4.79 Å². The van der Waals surface area contributed by atoms with E-state index in [1.54, 1.807) is 0 Å². The van der Waals surface area contributed by atoms with Crippen LogP contribution in [0.1, 0.15) is 18.1 Å². The zero-order chi connectivity index (χ0) is 21.1. The molecular weight excluding hydrogens is 388 g/mol. The minimum Gasteiger partial charge on any atom is -0.325 e. The summed E-state index contributed by atoms with van der Waals surface area (Å²) in [6, 6.07) is 26.3. The van der Waals surface area contributed by atoms with Crippen molar-refractivity contribution in [1.29, 1.82) is 0 Å². The lowest BCUT2D eigenvalue weighted by atomic mass is 10.0. The number of rotatable bonds is 5. The molecular formula is C26H24N2OS. The van der Waals surface area contributed by atoms with Crippen LogP contribution in [0.15, 0.2) is 83.9 Å². The van der Waals surface area contributed by atoms with Crippen LogP contribution in [-0.2, 0) is 4.79 Å². The van der Waals surface area contributed by atoms with Crippen LogP contribution >= 0.6 is 11.8 Å². The van der Waals surface area contributed by atoms with E-state index in [1.807, 2.05) is 61.5 Å². The van der Waals surface area contributed by atoms with E-state index in [4.69, 9.17) is 4.98 Å². The van der Waals surface area contributed by atoms with Crippen LogP contribution in [0.3, 0.4) is 0 Å². The lowest BCUT2D eigenvalue weighted by Gasteiger charge is -2.15. The van der Waals surface area contributed by atoms with Crippen molar-refractivity contribution in [3.8, 4) is 11.1 Å². The highest BCUT2D eigenvalue weighted by atomic mass is 32.2. The van der Waals surface area contributed by atoms with Crippen LogP contribution < -0.4 is 5.32 Å². The molecule has 150 valence electrons. The van der Waals surface area contributed by atoms with Crippen LogP contribution in [0.4, 0.5) is 5.69 Å². The molecule has 0 aliphatic heterocycles. The maximum Gasteiger partial charge on any atom is 0.237 e. The summed E-state index contributed by atoms with van der Waals surface area (Å²) in [4.78, 5) is 17.8. The van der Waals surface area contributed by atoms with Crippen molar-refractivity contribution in [2.75, 3.05) is 5.32 Å². The fourth-order valence-corrected chi connectivity index (χ4v) is 4.44. The standard InChI is InChI=1S/C26H24N2OS/c1-17-10-9-14-21-18(2)16-24(28-25(17)21)30-19(3)26(29)27-23-15-8-7-13-22(23)20-11-5-4-6-12-20/h4-16,19H,1-3H3,(H,27,29)/t19-/m1/s1. The number of aryl methyl sites for hydroxylation is 2. The summed E-state index contributed by atoms with van der Waals surface area (Å²) in [6.07, 6.45) is 0. The van der Waals surface area contributed by atoms with Crippen molar-refractivity contribution >= 4 is 34.3 Å². The van der Waals surface area contributed by atoms with Gasteiger partial charge >= 0.3 is 0 Å². The van der Waals surface area contributed by atoms with Crippen LogP contribution in [0.25, 0.3) is 22.0 Å². The molecule has 3 aromatic carbocycles. The first-order valence-electron chi connectivity index (χ1n) is 10.0. The Morgan fingerprint density at radius 1 is 0.900 bits per heavy atom. The van der Waals surface area contributed by atoms with Gasteiger partial charge in [0.15, 0.2) is 0 Å². The lowest BCUT2D eigenvalue weighted by Crippen LogP contribution is -2.22. The SMILES string of the molecule is Cc1cc(S[C@H](C)C(=O)Nc2ccccc2-c2ccccc2)nc2c(C)cccc12. The average molecular weight is 413 g/mol. The summed E-state index contributed by atoms with van der Waals surface area (Å²) >= 11 is 1.49. The molecule has 0 saturated heterocycles. The van der Waals surface area contributed by atoms with Gasteiger partial charge in [-0.1, -0.05) is 78.5 Å². The molecule has 0 bridgehead atoms. The predicted octanol–water partition coefficient (Wildman–Crippen LogP) is 6.64. The van der Waals surface area contributed by atoms with Gasteiger partial charge in [-0.05, 0) is 49.6 Å². The number of nitrogens with zero attached hydrogens (tertiary/aromatic N) is 1. The minimum atomic E-state index is -0.276. The number of benzene rings is 3. The number of carbonyl (C=O) groups excluding carboxylic acids is 1. The highest BCUT2D eigenvalue weighted by Gasteiger charge is 2.18. The van der Waals surface area contributed by atoms with Crippen molar-refractivity contribution in [3.63, 3.8) is 0 Å². The van der Waals surface area contributed by atoms with Gasteiger partial charge in [0, 0.05) is 16.6 Å². The molecule has 1 aromatic heterocycles.